The molecule has 5 aromatic rings. The fourth-order valence-electron chi connectivity index (χ4n) is 7.45. The molecule has 0 aromatic carbocycles. The van der Waals surface area contributed by atoms with Crippen molar-refractivity contribution in [3.8, 4) is 21.9 Å². The van der Waals surface area contributed by atoms with E-state index < -0.39 is 9.84 Å². The van der Waals surface area contributed by atoms with Gasteiger partial charge in [-0.25, -0.2) is 13.4 Å². The van der Waals surface area contributed by atoms with E-state index in [2.05, 4.69) is 46.4 Å². The SMILES string of the molecule is Cc1noc(-c2c(CCC3CCOCC3)nc3c(c2-c2cc4ccnc(N[C@H]5CCc6ncccc65)c4s2)S(=O)(=O)C[C@H]3C(C)C)n1. The molecule has 0 unspecified atom stereocenters. The summed E-state index contributed by atoms with van der Waals surface area (Å²) in [4.78, 5) is 20.3. The molecule has 10 nitrogen and oxygen atoms in total. The Labute approximate surface area is 278 Å². The van der Waals surface area contributed by atoms with Crippen LogP contribution in [0.2, 0.25) is 0 Å². The molecule has 1 N–H and O–H groups in total. The van der Waals surface area contributed by atoms with Crippen molar-refractivity contribution in [1.82, 2.24) is 25.1 Å². The summed E-state index contributed by atoms with van der Waals surface area (Å²) in [7, 11) is -3.65. The van der Waals surface area contributed by atoms with Crippen LogP contribution in [0.15, 0.2) is 46.1 Å². The molecule has 47 heavy (non-hydrogen) atoms. The topological polar surface area (TPSA) is 133 Å². The molecule has 244 valence electrons. The predicted octanol–water partition coefficient (Wildman–Crippen LogP) is 7.10. The Kier molecular flexibility index (Phi) is 7.84. The van der Waals surface area contributed by atoms with Gasteiger partial charge in [-0.15, -0.1) is 11.3 Å². The van der Waals surface area contributed by atoms with Gasteiger partial charge in [0.15, 0.2) is 15.7 Å². The molecule has 2 atom stereocenters. The first-order valence-electron chi connectivity index (χ1n) is 16.5. The average molecular weight is 671 g/mol. The number of aryl methyl sites for hydroxylation is 3. The highest BCUT2D eigenvalue weighted by molar-refractivity contribution is 7.92. The van der Waals surface area contributed by atoms with Gasteiger partial charge < -0.3 is 14.6 Å². The van der Waals surface area contributed by atoms with Crippen LogP contribution in [-0.2, 0) is 27.4 Å². The lowest BCUT2D eigenvalue weighted by Gasteiger charge is -2.23. The number of hydrogen-bond donors (Lipinski definition) is 1. The smallest absolute Gasteiger partial charge is 0.260 e. The van der Waals surface area contributed by atoms with E-state index in [4.69, 9.17) is 19.2 Å². The minimum Gasteiger partial charge on any atom is -0.381 e. The first-order chi connectivity index (χ1) is 22.8. The van der Waals surface area contributed by atoms with Crippen molar-refractivity contribution in [2.45, 2.75) is 76.2 Å². The Morgan fingerprint density at radius 1 is 1.06 bits per heavy atom. The highest BCUT2D eigenvalue weighted by Gasteiger charge is 2.43. The number of ether oxygens (including phenoxy) is 1. The Balaban J connectivity index is 1.31. The highest BCUT2D eigenvalue weighted by Crippen LogP contribution is 2.51. The molecule has 3 aliphatic rings. The minimum absolute atomic E-state index is 0.0418. The first-order valence-corrected chi connectivity index (χ1v) is 19.0. The van der Waals surface area contributed by atoms with Gasteiger partial charge in [0.05, 0.1) is 38.3 Å². The van der Waals surface area contributed by atoms with Gasteiger partial charge in [-0.3, -0.25) is 9.97 Å². The van der Waals surface area contributed by atoms with E-state index in [1.165, 1.54) is 5.56 Å². The molecule has 0 saturated carbocycles. The maximum absolute atomic E-state index is 14.1. The van der Waals surface area contributed by atoms with E-state index in [0.717, 1.165) is 77.5 Å². The number of rotatable bonds is 8. The zero-order valence-corrected chi connectivity index (χ0v) is 28.5. The Morgan fingerprint density at radius 2 is 1.91 bits per heavy atom. The summed E-state index contributed by atoms with van der Waals surface area (Å²) < 4.78 is 40.7. The van der Waals surface area contributed by atoms with Gasteiger partial charge in [-0.2, -0.15) is 4.98 Å². The van der Waals surface area contributed by atoms with Crippen LogP contribution in [0.4, 0.5) is 5.82 Å². The van der Waals surface area contributed by atoms with Crippen molar-refractivity contribution in [2.75, 3.05) is 24.3 Å². The van der Waals surface area contributed by atoms with Crippen LogP contribution in [-0.4, -0.2) is 52.5 Å². The average Bonchev–Trinajstić information content (AvgIpc) is 3.85. The zero-order valence-electron chi connectivity index (χ0n) is 26.8. The molecule has 0 spiro atoms. The fourth-order valence-corrected chi connectivity index (χ4v) is 10.9. The normalized spacial score (nSPS) is 20.6. The number of anilines is 1. The molecule has 0 radical (unpaired) electrons. The van der Waals surface area contributed by atoms with Gasteiger partial charge in [0, 0.05) is 47.7 Å². The van der Waals surface area contributed by atoms with E-state index in [1.807, 2.05) is 24.5 Å². The maximum atomic E-state index is 14.1. The molecule has 5 aromatic heterocycles. The molecule has 0 amide bonds. The highest BCUT2D eigenvalue weighted by atomic mass is 32.2. The molecule has 7 heterocycles. The Bertz CT molecular complexity index is 2080. The molecule has 1 aliphatic carbocycles. The maximum Gasteiger partial charge on any atom is 0.260 e. The van der Waals surface area contributed by atoms with Gasteiger partial charge in [0.25, 0.3) is 5.89 Å². The van der Waals surface area contributed by atoms with Gasteiger partial charge in [0.1, 0.15) is 5.82 Å². The van der Waals surface area contributed by atoms with Crippen LogP contribution in [0.3, 0.4) is 0 Å². The molecular formula is C35H38N6O4S2. The third-order valence-electron chi connectivity index (χ3n) is 9.95. The molecular weight excluding hydrogens is 633 g/mol. The van der Waals surface area contributed by atoms with Crippen molar-refractivity contribution in [2.24, 2.45) is 11.8 Å². The number of hydrogen-bond acceptors (Lipinski definition) is 11. The van der Waals surface area contributed by atoms with Crippen molar-refractivity contribution >= 4 is 37.1 Å². The largest absolute Gasteiger partial charge is 0.381 e. The van der Waals surface area contributed by atoms with E-state index in [0.29, 0.717) is 45.8 Å². The summed E-state index contributed by atoms with van der Waals surface area (Å²) in [5.74, 6) is 2.05. The lowest BCUT2D eigenvalue weighted by Crippen LogP contribution is -2.17. The van der Waals surface area contributed by atoms with Gasteiger partial charge in [0.2, 0.25) is 0 Å². The third-order valence-corrected chi connectivity index (χ3v) is 13.0. The fraction of sp³-hybridized carbons (Fsp3) is 0.457. The van der Waals surface area contributed by atoms with E-state index >= 15 is 0 Å². The summed E-state index contributed by atoms with van der Waals surface area (Å²) in [6.45, 7) is 7.47. The second-order valence-electron chi connectivity index (χ2n) is 13.4. The number of thiophene rings is 1. The van der Waals surface area contributed by atoms with Crippen LogP contribution in [0.1, 0.15) is 80.0 Å². The van der Waals surface area contributed by atoms with Crippen LogP contribution >= 0.6 is 11.3 Å². The molecule has 8 rings (SSSR count). The lowest BCUT2D eigenvalue weighted by molar-refractivity contribution is 0.0639. The number of fused-ring (bicyclic) bond motifs is 3. The van der Waals surface area contributed by atoms with Crippen LogP contribution in [0.5, 0.6) is 0 Å². The van der Waals surface area contributed by atoms with Crippen molar-refractivity contribution < 1.29 is 17.7 Å². The number of pyridine rings is 3. The molecule has 1 saturated heterocycles. The molecule has 1 fully saturated rings. The standard InChI is InChI=1S/C35H38N6O4S2/c1-19(2)24-18-47(42,43)33-30(29(35-38-20(3)41-45-35)27(39-31(24)33)7-6-21-11-15-44-16-12-21)28-17-22-10-14-37-34(32(22)46-28)40-26-9-8-25-23(26)5-4-13-36-25/h4-5,10,13-14,17,19,21,24,26H,6-9,11-12,15-16,18H2,1-3H3,(H,37,40)/t24-,26-/m0/s1. The van der Waals surface area contributed by atoms with Gasteiger partial charge in [-0.05, 0) is 86.4 Å². The van der Waals surface area contributed by atoms with Gasteiger partial charge >= 0.3 is 0 Å². The van der Waals surface area contributed by atoms with Crippen molar-refractivity contribution in [1.29, 1.82) is 0 Å². The van der Waals surface area contributed by atoms with Crippen molar-refractivity contribution in [3.05, 3.63) is 65.1 Å². The summed E-state index contributed by atoms with van der Waals surface area (Å²) in [5.41, 5.74) is 5.07. The Hall–Kier alpha value is -3.74. The monoisotopic (exact) mass is 670 g/mol. The van der Waals surface area contributed by atoms with E-state index in [1.54, 1.807) is 18.3 Å². The third kappa shape index (κ3) is 5.53. The molecule has 12 heteroatoms. The molecule has 0 bridgehead atoms. The van der Waals surface area contributed by atoms with Crippen LogP contribution in [0, 0.1) is 18.8 Å². The van der Waals surface area contributed by atoms with Gasteiger partial charge in [-0.1, -0.05) is 25.1 Å². The summed E-state index contributed by atoms with van der Waals surface area (Å²) in [5, 5.41) is 8.80. The summed E-state index contributed by atoms with van der Waals surface area (Å²) in [6, 6.07) is 8.28. The summed E-state index contributed by atoms with van der Waals surface area (Å²) in [6.07, 6.45) is 9.14. The number of sulfone groups is 1. The van der Waals surface area contributed by atoms with Crippen LogP contribution < -0.4 is 5.32 Å². The number of nitrogens with one attached hydrogen (secondary N) is 1. The second-order valence-corrected chi connectivity index (χ2v) is 16.4. The minimum atomic E-state index is -3.65. The lowest BCUT2D eigenvalue weighted by atomic mass is 9.89. The van der Waals surface area contributed by atoms with E-state index in [-0.39, 0.29) is 23.6 Å². The number of aromatic nitrogens is 5. The zero-order chi connectivity index (χ0) is 32.3. The quantitative estimate of drug-likeness (QED) is 0.182. The first kappa shape index (κ1) is 30.6. The molecule has 2 aliphatic heterocycles. The second kappa shape index (κ2) is 12.1. The number of nitrogens with zero attached hydrogens (tertiary/aromatic N) is 5. The van der Waals surface area contributed by atoms with Crippen molar-refractivity contribution in [3.63, 3.8) is 0 Å². The Morgan fingerprint density at radius 3 is 2.70 bits per heavy atom. The summed E-state index contributed by atoms with van der Waals surface area (Å²) >= 11 is 1.55. The van der Waals surface area contributed by atoms with E-state index in [9.17, 15) is 8.42 Å². The van der Waals surface area contributed by atoms with Crippen LogP contribution in [0.25, 0.3) is 32.0 Å². The predicted molar refractivity (Wildman–Crippen MR) is 181 cm³/mol.